The normalized spacial score (nSPS) is 15.2. The van der Waals surface area contributed by atoms with Gasteiger partial charge in [0.15, 0.2) is 0 Å². The molecule has 1 amide bonds. The van der Waals surface area contributed by atoms with Crippen LogP contribution in [0.2, 0.25) is 0 Å². The van der Waals surface area contributed by atoms with E-state index >= 15 is 0 Å². The van der Waals surface area contributed by atoms with E-state index in [0.29, 0.717) is 5.75 Å². The summed E-state index contributed by atoms with van der Waals surface area (Å²) in [6.45, 7) is 1.86. The molecule has 17 heavy (non-hydrogen) atoms. The highest BCUT2D eigenvalue weighted by Gasteiger charge is 2.16. The summed E-state index contributed by atoms with van der Waals surface area (Å²) < 4.78 is 0. The van der Waals surface area contributed by atoms with Gasteiger partial charge in [-0.2, -0.15) is 11.8 Å². The molecule has 5 heteroatoms. The maximum absolute atomic E-state index is 11.7. The second kappa shape index (κ2) is 8.39. The molecule has 1 fully saturated rings. The first-order chi connectivity index (χ1) is 8.20. The van der Waals surface area contributed by atoms with E-state index in [2.05, 4.69) is 0 Å². The smallest absolute Gasteiger partial charge is 0.303 e. The fourth-order valence-corrected chi connectivity index (χ4v) is 2.78. The summed E-state index contributed by atoms with van der Waals surface area (Å²) in [7, 11) is 0. The van der Waals surface area contributed by atoms with Crippen molar-refractivity contribution >= 4 is 23.6 Å². The van der Waals surface area contributed by atoms with E-state index in [4.69, 9.17) is 5.11 Å². The summed E-state index contributed by atoms with van der Waals surface area (Å²) >= 11 is 1.67. The van der Waals surface area contributed by atoms with E-state index in [0.717, 1.165) is 50.9 Å². The number of hydrogen-bond acceptors (Lipinski definition) is 3. The molecule has 1 aliphatic rings. The Morgan fingerprint density at radius 2 is 1.82 bits per heavy atom. The average Bonchev–Trinajstić information content (AvgIpc) is 2.80. The van der Waals surface area contributed by atoms with Crippen LogP contribution in [-0.4, -0.2) is 46.5 Å². The second-order valence-electron chi connectivity index (χ2n) is 4.34. The van der Waals surface area contributed by atoms with Crippen LogP contribution in [0.25, 0.3) is 0 Å². The lowest BCUT2D eigenvalue weighted by Crippen LogP contribution is -2.29. The Hall–Kier alpha value is -0.710. The Morgan fingerprint density at radius 3 is 2.47 bits per heavy atom. The Kier molecular flexibility index (Phi) is 7.08. The van der Waals surface area contributed by atoms with Gasteiger partial charge in [-0.05, 0) is 31.4 Å². The van der Waals surface area contributed by atoms with Gasteiger partial charge in [0.1, 0.15) is 0 Å². The van der Waals surface area contributed by atoms with E-state index in [9.17, 15) is 9.59 Å². The summed E-state index contributed by atoms with van der Waals surface area (Å²) in [5, 5.41) is 8.45. The molecule has 98 valence electrons. The molecular weight excluding hydrogens is 238 g/mol. The van der Waals surface area contributed by atoms with Gasteiger partial charge >= 0.3 is 5.97 Å². The summed E-state index contributed by atoms with van der Waals surface area (Å²) in [6.07, 6.45) is 5.24. The zero-order chi connectivity index (χ0) is 12.5. The maximum Gasteiger partial charge on any atom is 0.303 e. The number of carboxylic acid groups (broad SMARTS) is 1. The Balaban J connectivity index is 1.89. The lowest BCUT2D eigenvalue weighted by atomic mass is 10.2. The van der Waals surface area contributed by atoms with Gasteiger partial charge in [-0.25, -0.2) is 0 Å². The van der Waals surface area contributed by atoms with Gasteiger partial charge < -0.3 is 10.0 Å². The SMILES string of the molecule is O=C(O)CCCCCSCC(=O)N1CCCC1. The van der Waals surface area contributed by atoms with Crippen LogP contribution >= 0.6 is 11.8 Å². The third kappa shape index (κ3) is 6.56. The fourth-order valence-electron chi connectivity index (χ4n) is 1.87. The number of aliphatic carboxylic acids is 1. The van der Waals surface area contributed by atoms with Crippen molar-refractivity contribution in [2.24, 2.45) is 0 Å². The number of nitrogens with zero attached hydrogens (tertiary/aromatic N) is 1. The number of hydrogen-bond donors (Lipinski definition) is 1. The fraction of sp³-hybridized carbons (Fsp3) is 0.833. The average molecular weight is 259 g/mol. The Bertz CT molecular complexity index is 252. The van der Waals surface area contributed by atoms with Crippen molar-refractivity contribution in [1.82, 2.24) is 4.90 Å². The van der Waals surface area contributed by atoms with Crippen molar-refractivity contribution in [2.45, 2.75) is 38.5 Å². The molecule has 1 heterocycles. The molecule has 0 aromatic rings. The molecule has 1 aliphatic heterocycles. The summed E-state index contributed by atoms with van der Waals surface area (Å²) in [4.78, 5) is 23.9. The summed E-state index contributed by atoms with van der Waals surface area (Å²) in [5.41, 5.74) is 0. The molecule has 0 atom stereocenters. The molecule has 0 unspecified atom stereocenters. The monoisotopic (exact) mass is 259 g/mol. The zero-order valence-electron chi connectivity index (χ0n) is 10.2. The molecule has 1 rings (SSSR count). The number of carbonyl (C=O) groups excluding carboxylic acids is 1. The number of amides is 1. The lowest BCUT2D eigenvalue weighted by molar-refractivity contribution is -0.137. The Labute approximate surface area is 107 Å². The minimum atomic E-state index is -0.720. The molecule has 0 bridgehead atoms. The number of likely N-dealkylation sites (tertiary alicyclic amines) is 1. The van der Waals surface area contributed by atoms with E-state index in [1.807, 2.05) is 4.90 Å². The number of rotatable bonds is 8. The van der Waals surface area contributed by atoms with Gasteiger partial charge in [0.25, 0.3) is 0 Å². The van der Waals surface area contributed by atoms with Gasteiger partial charge in [0.2, 0.25) is 5.91 Å². The lowest BCUT2D eigenvalue weighted by Gasteiger charge is -2.14. The number of carboxylic acids is 1. The summed E-state index contributed by atoms with van der Waals surface area (Å²) in [6, 6.07) is 0. The van der Waals surface area contributed by atoms with Gasteiger partial charge in [0, 0.05) is 19.5 Å². The van der Waals surface area contributed by atoms with E-state index in [-0.39, 0.29) is 12.3 Å². The standard InChI is InChI=1S/C12H21NO3S/c14-11(13-7-3-4-8-13)10-17-9-5-1-2-6-12(15)16/h1-10H2,(H,15,16). The minimum absolute atomic E-state index is 0.261. The third-order valence-electron chi connectivity index (χ3n) is 2.86. The number of carbonyl (C=O) groups is 2. The first-order valence-electron chi connectivity index (χ1n) is 6.27. The topological polar surface area (TPSA) is 57.6 Å². The quantitative estimate of drug-likeness (QED) is 0.677. The van der Waals surface area contributed by atoms with E-state index in [1.54, 1.807) is 11.8 Å². The van der Waals surface area contributed by atoms with Crippen LogP contribution in [0.4, 0.5) is 0 Å². The molecule has 0 aromatic heterocycles. The minimum Gasteiger partial charge on any atom is -0.481 e. The van der Waals surface area contributed by atoms with Crippen molar-refractivity contribution < 1.29 is 14.7 Å². The molecule has 1 N–H and O–H groups in total. The van der Waals surface area contributed by atoms with Crippen molar-refractivity contribution in [2.75, 3.05) is 24.6 Å². The van der Waals surface area contributed by atoms with Crippen LogP contribution in [-0.2, 0) is 9.59 Å². The highest BCUT2D eigenvalue weighted by molar-refractivity contribution is 7.99. The number of unbranched alkanes of at least 4 members (excludes halogenated alkanes) is 2. The van der Waals surface area contributed by atoms with Gasteiger partial charge in [-0.15, -0.1) is 0 Å². The molecule has 4 nitrogen and oxygen atoms in total. The van der Waals surface area contributed by atoms with Crippen molar-refractivity contribution in [3.8, 4) is 0 Å². The predicted octanol–water partition coefficient (Wildman–Crippen LogP) is 1.99. The molecule has 0 spiro atoms. The predicted molar refractivity (Wildman–Crippen MR) is 69.2 cm³/mol. The molecule has 0 aliphatic carbocycles. The van der Waals surface area contributed by atoms with Crippen LogP contribution in [0.3, 0.4) is 0 Å². The Morgan fingerprint density at radius 1 is 1.12 bits per heavy atom. The molecule has 0 radical (unpaired) electrons. The van der Waals surface area contributed by atoms with Crippen LogP contribution in [0.1, 0.15) is 38.5 Å². The zero-order valence-corrected chi connectivity index (χ0v) is 11.0. The molecular formula is C12H21NO3S. The first-order valence-corrected chi connectivity index (χ1v) is 7.43. The molecule has 1 saturated heterocycles. The molecule has 0 aromatic carbocycles. The highest BCUT2D eigenvalue weighted by atomic mass is 32.2. The third-order valence-corrected chi connectivity index (χ3v) is 3.89. The van der Waals surface area contributed by atoms with Gasteiger partial charge in [0.05, 0.1) is 5.75 Å². The van der Waals surface area contributed by atoms with Crippen LogP contribution in [0, 0.1) is 0 Å². The van der Waals surface area contributed by atoms with Crippen molar-refractivity contribution in [1.29, 1.82) is 0 Å². The first kappa shape index (κ1) is 14.4. The summed E-state index contributed by atoms with van der Waals surface area (Å²) in [5.74, 6) is 1.08. The van der Waals surface area contributed by atoms with Gasteiger partial charge in [-0.1, -0.05) is 6.42 Å². The number of thioether (sulfide) groups is 1. The van der Waals surface area contributed by atoms with Crippen LogP contribution in [0.15, 0.2) is 0 Å². The van der Waals surface area contributed by atoms with Crippen molar-refractivity contribution in [3.63, 3.8) is 0 Å². The molecule has 0 saturated carbocycles. The van der Waals surface area contributed by atoms with Crippen LogP contribution < -0.4 is 0 Å². The maximum atomic E-state index is 11.7. The highest BCUT2D eigenvalue weighted by Crippen LogP contribution is 2.12. The van der Waals surface area contributed by atoms with E-state index < -0.39 is 5.97 Å². The van der Waals surface area contributed by atoms with Crippen molar-refractivity contribution in [3.05, 3.63) is 0 Å². The van der Waals surface area contributed by atoms with E-state index in [1.165, 1.54) is 0 Å². The largest absolute Gasteiger partial charge is 0.481 e. The van der Waals surface area contributed by atoms with Gasteiger partial charge in [-0.3, -0.25) is 9.59 Å². The van der Waals surface area contributed by atoms with Crippen LogP contribution in [0.5, 0.6) is 0 Å². The second-order valence-corrected chi connectivity index (χ2v) is 5.45.